The number of nitrogen functional groups attached to an aromatic ring is 1. The minimum Gasteiger partial charge on any atom is -0.474 e. The van der Waals surface area contributed by atoms with E-state index in [0.29, 0.717) is 37.8 Å². The number of halogens is 5. The number of alkyl halides is 3. The molecule has 1 aromatic carbocycles. The third kappa shape index (κ3) is 6.21. The molecule has 0 saturated heterocycles. The van der Waals surface area contributed by atoms with Gasteiger partial charge in [0.2, 0.25) is 5.88 Å². The van der Waals surface area contributed by atoms with Crippen molar-refractivity contribution < 1.29 is 31.4 Å². The van der Waals surface area contributed by atoms with Gasteiger partial charge in [-0.15, -0.1) is 0 Å². The highest BCUT2D eigenvalue weighted by molar-refractivity contribution is 5.97. The number of nitrogens with one attached hydrogen (secondary N) is 2. The first-order valence-electron chi connectivity index (χ1n) is 12.6. The molecule has 0 bridgehead atoms. The van der Waals surface area contributed by atoms with Crippen LogP contribution in [0.4, 0.5) is 33.5 Å². The predicted octanol–water partition coefficient (Wildman–Crippen LogP) is 5.20. The first-order valence-corrected chi connectivity index (χ1v) is 12.6. The summed E-state index contributed by atoms with van der Waals surface area (Å²) in [5, 5.41) is 6.27. The number of nitrogens with zero attached hydrogens (tertiary/aromatic N) is 4. The number of hydrogen-bond acceptors (Lipinski definition) is 9. The first-order chi connectivity index (χ1) is 19.5. The van der Waals surface area contributed by atoms with Gasteiger partial charge >= 0.3 is 12.2 Å². The summed E-state index contributed by atoms with van der Waals surface area (Å²) in [5.41, 5.74) is 1.27. The van der Waals surface area contributed by atoms with Gasteiger partial charge in [-0.25, -0.2) is 13.8 Å². The molecule has 0 aliphatic carbocycles. The fraction of sp³-hybridized carbons (Fsp3) is 0.333. The molecule has 1 atom stereocenters. The van der Waals surface area contributed by atoms with Gasteiger partial charge in [-0.1, -0.05) is 13.2 Å². The molecule has 0 radical (unpaired) electrons. The molecule has 218 valence electrons. The molecule has 4 N–H and O–H groups in total. The summed E-state index contributed by atoms with van der Waals surface area (Å²) in [7, 11) is 0. The van der Waals surface area contributed by atoms with Crippen molar-refractivity contribution in [3.05, 3.63) is 54.3 Å². The van der Waals surface area contributed by atoms with E-state index in [-0.39, 0.29) is 29.7 Å². The molecule has 0 fully saturated rings. The Balaban J connectivity index is 2.04. The van der Waals surface area contributed by atoms with Gasteiger partial charge in [-0.3, -0.25) is 4.99 Å². The summed E-state index contributed by atoms with van der Waals surface area (Å²) in [6.45, 7) is 11.1. The molecule has 3 heterocycles. The largest absolute Gasteiger partial charge is 0.474 e. The number of aliphatic imine (C=N–C) groups is 1. The lowest BCUT2D eigenvalue weighted by molar-refractivity contribution is -0.137. The summed E-state index contributed by atoms with van der Waals surface area (Å²) in [6.07, 6.45) is -2.34. The van der Waals surface area contributed by atoms with Crippen LogP contribution >= 0.6 is 0 Å². The number of ether oxygens (including phenoxy) is 2. The van der Waals surface area contributed by atoms with Crippen LogP contribution in [0.5, 0.6) is 11.9 Å². The fourth-order valence-electron chi connectivity index (χ4n) is 4.30. The highest BCUT2D eigenvalue weighted by atomic mass is 19.4. The van der Waals surface area contributed by atoms with Crippen molar-refractivity contribution in [2.24, 2.45) is 4.99 Å². The van der Waals surface area contributed by atoms with Crippen LogP contribution in [-0.4, -0.2) is 53.0 Å². The van der Waals surface area contributed by atoms with Crippen LogP contribution in [0.1, 0.15) is 24.5 Å². The normalized spacial score (nSPS) is 16.4. The smallest absolute Gasteiger partial charge is 0.417 e. The van der Waals surface area contributed by atoms with Crippen molar-refractivity contribution >= 4 is 28.1 Å². The van der Waals surface area contributed by atoms with Crippen molar-refractivity contribution in [2.45, 2.75) is 32.5 Å². The standard InChI is InChI=1S/C27H28F5N7O2/c1-5-15(35-6-2)12-40-26-38-23-18-24(39-26)36-10-9-34-8-7-13(3)41-25(18)37-22(21(23)29)16-11-17(33)20(28)14(4)19(16)27(30,31)32/h5-6,11,13,34H,1-2,7-10,12,33H2,3-4H3,(H,36,38,39). The summed E-state index contributed by atoms with van der Waals surface area (Å²) < 4.78 is 85.0. The van der Waals surface area contributed by atoms with Crippen LogP contribution in [0.2, 0.25) is 0 Å². The van der Waals surface area contributed by atoms with Crippen molar-refractivity contribution in [1.82, 2.24) is 20.3 Å². The zero-order chi connectivity index (χ0) is 29.9. The topological polar surface area (TPSA) is 120 Å². The molecule has 9 nitrogen and oxygen atoms in total. The zero-order valence-corrected chi connectivity index (χ0v) is 22.3. The lowest BCUT2D eigenvalue weighted by Crippen LogP contribution is -2.26. The van der Waals surface area contributed by atoms with Gasteiger partial charge in [0, 0.05) is 24.9 Å². The molecule has 41 heavy (non-hydrogen) atoms. The maximum Gasteiger partial charge on any atom is 0.417 e. The number of benzene rings is 1. The SMILES string of the molecule is C=CN=C(C=C)COc1nc2c3c(nc(-c4cc(N)c(F)c(C)c4C(F)(F)F)c(F)c3n1)OC(C)CCNCCN2. The van der Waals surface area contributed by atoms with E-state index in [4.69, 9.17) is 15.2 Å². The summed E-state index contributed by atoms with van der Waals surface area (Å²) in [6, 6.07) is 0.399. The molecule has 2 aromatic heterocycles. The molecule has 3 aromatic rings. The molecule has 14 heteroatoms. The Morgan fingerprint density at radius 3 is 2.63 bits per heavy atom. The van der Waals surface area contributed by atoms with E-state index in [9.17, 15) is 17.6 Å². The van der Waals surface area contributed by atoms with Crippen LogP contribution in [0.25, 0.3) is 22.2 Å². The van der Waals surface area contributed by atoms with Gasteiger partial charge in [0.1, 0.15) is 34.8 Å². The number of aromatic nitrogens is 3. The molecule has 0 spiro atoms. The maximum absolute atomic E-state index is 16.3. The van der Waals surface area contributed by atoms with Crippen LogP contribution in [0.15, 0.2) is 36.5 Å². The van der Waals surface area contributed by atoms with Crippen molar-refractivity contribution in [1.29, 1.82) is 0 Å². The molecular weight excluding hydrogens is 549 g/mol. The minimum absolute atomic E-state index is 0.00332. The Labute approximate surface area is 232 Å². The van der Waals surface area contributed by atoms with Gasteiger partial charge < -0.3 is 25.8 Å². The lowest BCUT2D eigenvalue weighted by atomic mass is 9.96. The van der Waals surface area contributed by atoms with E-state index in [1.54, 1.807) is 6.92 Å². The van der Waals surface area contributed by atoms with Gasteiger partial charge in [0.05, 0.1) is 23.1 Å². The van der Waals surface area contributed by atoms with Gasteiger partial charge in [0.25, 0.3) is 0 Å². The number of pyridine rings is 1. The molecule has 4 rings (SSSR count). The number of hydrogen-bond donors (Lipinski definition) is 3. The molecular formula is C27H28F5N7O2. The molecule has 1 aliphatic heterocycles. The van der Waals surface area contributed by atoms with E-state index in [1.165, 1.54) is 12.3 Å². The Kier molecular flexibility index (Phi) is 8.71. The van der Waals surface area contributed by atoms with Crippen molar-refractivity contribution in [3.8, 4) is 23.1 Å². The number of anilines is 2. The van der Waals surface area contributed by atoms with Crippen LogP contribution in [0, 0.1) is 18.6 Å². The Bertz CT molecular complexity index is 1520. The van der Waals surface area contributed by atoms with Gasteiger partial charge in [0.15, 0.2) is 5.82 Å². The fourth-order valence-corrected chi connectivity index (χ4v) is 4.30. The highest BCUT2D eigenvalue weighted by Crippen LogP contribution is 2.44. The Morgan fingerprint density at radius 1 is 1.20 bits per heavy atom. The highest BCUT2D eigenvalue weighted by Gasteiger charge is 2.39. The first kappa shape index (κ1) is 29.6. The zero-order valence-electron chi connectivity index (χ0n) is 22.3. The molecule has 0 amide bonds. The van der Waals surface area contributed by atoms with Crippen LogP contribution in [-0.2, 0) is 6.18 Å². The number of nitrogens with two attached hydrogens (primary N) is 1. The minimum atomic E-state index is -5.06. The summed E-state index contributed by atoms with van der Waals surface area (Å²) in [4.78, 5) is 16.7. The maximum atomic E-state index is 16.3. The average molecular weight is 578 g/mol. The Hall–Kier alpha value is -4.33. The second kappa shape index (κ2) is 12.0. The third-order valence-corrected chi connectivity index (χ3v) is 6.27. The van der Waals surface area contributed by atoms with Gasteiger partial charge in [-0.2, -0.15) is 23.1 Å². The van der Waals surface area contributed by atoms with E-state index in [1.807, 2.05) is 0 Å². The Morgan fingerprint density at radius 2 is 1.95 bits per heavy atom. The number of rotatable bonds is 6. The van der Waals surface area contributed by atoms with Crippen molar-refractivity contribution in [2.75, 3.05) is 37.3 Å². The lowest BCUT2D eigenvalue weighted by Gasteiger charge is -2.21. The average Bonchev–Trinajstić information content (AvgIpc) is 2.94. The quantitative estimate of drug-likeness (QED) is 0.208. The van der Waals surface area contributed by atoms with E-state index >= 15 is 4.39 Å². The van der Waals surface area contributed by atoms with Gasteiger partial charge in [-0.05, 0) is 44.5 Å². The second-order valence-corrected chi connectivity index (χ2v) is 9.17. The van der Waals surface area contributed by atoms with Crippen molar-refractivity contribution in [3.63, 3.8) is 0 Å². The summed E-state index contributed by atoms with van der Waals surface area (Å²) in [5.74, 6) is -2.63. The van der Waals surface area contributed by atoms with E-state index < -0.39 is 57.5 Å². The summed E-state index contributed by atoms with van der Waals surface area (Å²) >= 11 is 0. The van der Waals surface area contributed by atoms with E-state index in [0.717, 1.165) is 6.92 Å². The monoisotopic (exact) mass is 577 g/mol. The third-order valence-electron chi connectivity index (χ3n) is 6.27. The second-order valence-electron chi connectivity index (χ2n) is 9.17. The van der Waals surface area contributed by atoms with Crippen LogP contribution in [0.3, 0.4) is 0 Å². The van der Waals surface area contributed by atoms with E-state index in [2.05, 4.69) is 43.7 Å². The molecule has 1 unspecified atom stereocenters. The molecule has 1 aliphatic rings. The predicted molar refractivity (Wildman–Crippen MR) is 146 cm³/mol. The molecule has 0 saturated carbocycles. The van der Waals surface area contributed by atoms with Crippen LogP contribution < -0.4 is 25.8 Å².